The van der Waals surface area contributed by atoms with E-state index in [1.807, 2.05) is 18.5 Å². The molecule has 3 rings (SSSR count). The van der Waals surface area contributed by atoms with Gasteiger partial charge in [-0.2, -0.15) is 5.10 Å². The fourth-order valence-corrected chi connectivity index (χ4v) is 2.85. The maximum absolute atomic E-state index is 9.33. The van der Waals surface area contributed by atoms with Crippen LogP contribution in [-0.2, 0) is 13.0 Å². The first-order valence-electron chi connectivity index (χ1n) is 8.52. The second kappa shape index (κ2) is 7.70. The van der Waals surface area contributed by atoms with Crippen LogP contribution in [0.15, 0.2) is 42.5 Å². The van der Waals surface area contributed by atoms with E-state index in [-0.39, 0.29) is 5.75 Å². The minimum absolute atomic E-state index is 0.182. The summed E-state index contributed by atoms with van der Waals surface area (Å²) >= 11 is 6.35. The molecule has 0 unspecified atom stereocenters. The first-order valence-corrected chi connectivity index (χ1v) is 8.90. The summed E-state index contributed by atoms with van der Waals surface area (Å²) < 4.78 is 13.6. The fraction of sp³-hybridized carbons (Fsp3) is 0.250. The van der Waals surface area contributed by atoms with Crippen LogP contribution in [0.5, 0.6) is 28.9 Å². The topological polar surface area (TPSA) is 56.5 Å². The van der Waals surface area contributed by atoms with Crippen molar-refractivity contribution in [1.29, 1.82) is 0 Å². The van der Waals surface area contributed by atoms with Gasteiger partial charge in [0, 0.05) is 18.2 Å². The highest BCUT2D eigenvalue weighted by molar-refractivity contribution is 6.32. The zero-order valence-corrected chi connectivity index (χ0v) is 15.7. The Hall–Kier alpha value is -2.66. The molecule has 0 saturated heterocycles. The Morgan fingerprint density at radius 3 is 2.35 bits per heavy atom. The SMILES string of the molecule is CCc1nn(CC)c(Oc2ccc(Oc3ccc(O)cc3)c(Cl)c2)c1C. The van der Waals surface area contributed by atoms with Crippen molar-refractivity contribution in [3.8, 4) is 28.9 Å². The molecule has 26 heavy (non-hydrogen) atoms. The van der Waals surface area contributed by atoms with Crippen LogP contribution < -0.4 is 9.47 Å². The van der Waals surface area contributed by atoms with Gasteiger partial charge in [-0.05, 0) is 56.7 Å². The quantitative estimate of drug-likeness (QED) is 0.601. The van der Waals surface area contributed by atoms with Gasteiger partial charge in [0.25, 0.3) is 0 Å². The number of aryl methyl sites for hydroxylation is 2. The van der Waals surface area contributed by atoms with Gasteiger partial charge in [-0.1, -0.05) is 18.5 Å². The molecule has 3 aromatic rings. The lowest BCUT2D eigenvalue weighted by atomic mass is 10.2. The third-order valence-electron chi connectivity index (χ3n) is 4.05. The Morgan fingerprint density at radius 1 is 1.04 bits per heavy atom. The second-order valence-corrected chi connectivity index (χ2v) is 6.24. The Labute approximate surface area is 157 Å². The zero-order valence-electron chi connectivity index (χ0n) is 15.0. The van der Waals surface area contributed by atoms with Gasteiger partial charge in [0.2, 0.25) is 5.88 Å². The highest BCUT2D eigenvalue weighted by Crippen LogP contribution is 2.35. The van der Waals surface area contributed by atoms with Crippen LogP contribution in [0.3, 0.4) is 0 Å². The van der Waals surface area contributed by atoms with Crippen molar-refractivity contribution in [3.05, 3.63) is 58.7 Å². The summed E-state index contributed by atoms with van der Waals surface area (Å²) in [5.41, 5.74) is 2.06. The fourth-order valence-electron chi connectivity index (χ4n) is 2.64. The van der Waals surface area contributed by atoms with Crippen LogP contribution in [0, 0.1) is 6.92 Å². The largest absolute Gasteiger partial charge is 0.508 e. The first kappa shape index (κ1) is 18.1. The number of aromatic hydroxyl groups is 1. The standard InChI is InChI=1S/C20H21ClN2O3/c1-4-18-13(3)20(23(5-2)22-18)26-16-10-11-19(17(21)12-16)25-15-8-6-14(24)7-9-15/h6-12,24H,4-5H2,1-3H3. The highest BCUT2D eigenvalue weighted by atomic mass is 35.5. The monoisotopic (exact) mass is 372 g/mol. The van der Waals surface area contributed by atoms with Gasteiger partial charge in [-0.3, -0.25) is 0 Å². The summed E-state index contributed by atoms with van der Waals surface area (Å²) in [5, 5.41) is 14.3. The van der Waals surface area contributed by atoms with Crippen LogP contribution in [-0.4, -0.2) is 14.9 Å². The van der Waals surface area contributed by atoms with Crippen LogP contribution in [0.1, 0.15) is 25.1 Å². The Bertz CT molecular complexity index is 904. The first-order chi connectivity index (χ1) is 12.5. The molecule has 0 aliphatic heterocycles. The number of benzene rings is 2. The molecular weight excluding hydrogens is 352 g/mol. The van der Waals surface area contributed by atoms with E-state index in [1.54, 1.807) is 42.5 Å². The van der Waals surface area contributed by atoms with E-state index in [9.17, 15) is 5.11 Å². The molecule has 2 aromatic carbocycles. The molecule has 1 aromatic heterocycles. The van der Waals surface area contributed by atoms with Crippen LogP contribution >= 0.6 is 11.6 Å². The van der Waals surface area contributed by atoms with Crippen LogP contribution in [0.4, 0.5) is 0 Å². The predicted octanol–water partition coefficient (Wildman–Crippen LogP) is 5.72. The number of halogens is 1. The summed E-state index contributed by atoms with van der Waals surface area (Å²) in [4.78, 5) is 0. The molecular formula is C20H21ClN2O3. The minimum Gasteiger partial charge on any atom is -0.508 e. The molecule has 0 atom stereocenters. The number of hydrogen-bond donors (Lipinski definition) is 1. The third kappa shape index (κ3) is 3.78. The maximum Gasteiger partial charge on any atom is 0.221 e. The summed E-state index contributed by atoms with van der Waals surface area (Å²) in [6, 6.07) is 11.7. The number of phenolic OH excluding ortho intramolecular Hbond substituents is 1. The van der Waals surface area contributed by atoms with Gasteiger partial charge in [0.05, 0.1) is 10.7 Å². The molecule has 5 nitrogen and oxygen atoms in total. The van der Waals surface area contributed by atoms with Crippen LogP contribution in [0.25, 0.3) is 0 Å². The number of hydrogen-bond acceptors (Lipinski definition) is 4. The van der Waals surface area contributed by atoms with E-state index in [2.05, 4.69) is 12.0 Å². The van der Waals surface area contributed by atoms with Gasteiger partial charge in [0.1, 0.15) is 23.0 Å². The number of phenols is 1. The van der Waals surface area contributed by atoms with Crippen LogP contribution in [0.2, 0.25) is 5.02 Å². The summed E-state index contributed by atoms with van der Waals surface area (Å²) in [6.45, 7) is 6.84. The molecule has 0 amide bonds. The molecule has 0 aliphatic rings. The summed E-state index contributed by atoms with van der Waals surface area (Å²) in [7, 11) is 0. The Balaban J connectivity index is 1.82. The maximum atomic E-state index is 9.33. The third-order valence-corrected chi connectivity index (χ3v) is 4.34. The van der Waals surface area contributed by atoms with E-state index in [1.165, 1.54) is 0 Å². The summed E-state index contributed by atoms with van der Waals surface area (Å²) in [6.07, 6.45) is 0.857. The van der Waals surface area contributed by atoms with E-state index < -0.39 is 0 Å². The molecule has 0 saturated carbocycles. The smallest absolute Gasteiger partial charge is 0.221 e. The molecule has 0 bridgehead atoms. The molecule has 0 fully saturated rings. The van der Waals surface area contributed by atoms with E-state index in [0.717, 1.165) is 30.1 Å². The van der Waals surface area contributed by atoms with E-state index >= 15 is 0 Å². The normalized spacial score (nSPS) is 10.8. The van der Waals surface area contributed by atoms with Crippen molar-refractivity contribution in [2.45, 2.75) is 33.7 Å². The lowest BCUT2D eigenvalue weighted by Gasteiger charge is -2.11. The van der Waals surface area contributed by atoms with E-state index in [0.29, 0.717) is 22.3 Å². The van der Waals surface area contributed by atoms with Gasteiger partial charge in [0.15, 0.2) is 0 Å². The second-order valence-electron chi connectivity index (χ2n) is 5.84. The van der Waals surface area contributed by atoms with Crippen molar-refractivity contribution in [3.63, 3.8) is 0 Å². The number of aromatic nitrogens is 2. The highest BCUT2D eigenvalue weighted by Gasteiger charge is 2.15. The number of nitrogens with zero attached hydrogens (tertiary/aromatic N) is 2. The Kier molecular flexibility index (Phi) is 5.38. The average Bonchev–Trinajstić information content (AvgIpc) is 2.94. The van der Waals surface area contributed by atoms with Crippen molar-refractivity contribution in [1.82, 2.24) is 9.78 Å². The average molecular weight is 373 g/mol. The van der Waals surface area contributed by atoms with Gasteiger partial charge >= 0.3 is 0 Å². The van der Waals surface area contributed by atoms with Crippen molar-refractivity contribution < 1.29 is 14.6 Å². The molecule has 136 valence electrons. The molecule has 0 spiro atoms. The van der Waals surface area contributed by atoms with Gasteiger partial charge in [-0.15, -0.1) is 0 Å². The molecule has 1 heterocycles. The zero-order chi connectivity index (χ0) is 18.7. The van der Waals surface area contributed by atoms with Crippen molar-refractivity contribution in [2.75, 3.05) is 0 Å². The van der Waals surface area contributed by atoms with Gasteiger partial charge in [-0.25, -0.2) is 4.68 Å². The number of rotatable bonds is 6. The number of ether oxygens (including phenoxy) is 2. The molecule has 6 heteroatoms. The minimum atomic E-state index is 0.182. The van der Waals surface area contributed by atoms with Gasteiger partial charge < -0.3 is 14.6 Å². The summed E-state index contributed by atoms with van der Waals surface area (Å²) in [5.74, 6) is 2.63. The molecule has 0 radical (unpaired) electrons. The van der Waals surface area contributed by atoms with Crippen molar-refractivity contribution >= 4 is 11.6 Å². The Morgan fingerprint density at radius 2 is 1.73 bits per heavy atom. The predicted molar refractivity (Wildman–Crippen MR) is 102 cm³/mol. The molecule has 1 N–H and O–H groups in total. The van der Waals surface area contributed by atoms with Crippen molar-refractivity contribution in [2.24, 2.45) is 0 Å². The van der Waals surface area contributed by atoms with E-state index in [4.69, 9.17) is 21.1 Å². The lowest BCUT2D eigenvalue weighted by Crippen LogP contribution is -2.00. The lowest BCUT2D eigenvalue weighted by molar-refractivity contribution is 0.412. The molecule has 0 aliphatic carbocycles.